The maximum absolute atomic E-state index is 8.34. The largest absolute Gasteiger partial charge is 0.198 e. The Morgan fingerprint density at radius 3 is 2.91 bits per heavy atom. The molecule has 11 heavy (non-hydrogen) atoms. The van der Waals surface area contributed by atoms with Gasteiger partial charge in [-0.2, -0.15) is 20.3 Å². The summed E-state index contributed by atoms with van der Waals surface area (Å²) >= 11 is 0. The summed E-state index contributed by atoms with van der Waals surface area (Å²) in [5.74, 6) is 0. The third-order valence-corrected chi connectivity index (χ3v) is 1.28. The van der Waals surface area contributed by atoms with Crippen molar-refractivity contribution < 1.29 is 0 Å². The molecule has 0 N–H and O–H groups in total. The van der Waals surface area contributed by atoms with Crippen LogP contribution in [-0.2, 0) is 6.42 Å². The highest BCUT2D eigenvalue weighted by Gasteiger charge is 2.01. The molecule has 1 heterocycles. The van der Waals surface area contributed by atoms with Gasteiger partial charge in [-0.25, -0.2) is 0 Å². The molecule has 58 valence electrons. The Bertz CT molecular complexity index is 268. The smallest absolute Gasteiger partial charge is 0.0967 e. The van der Waals surface area contributed by atoms with Crippen molar-refractivity contribution >= 4 is 0 Å². The molecule has 1 aromatic heterocycles. The minimum atomic E-state index is 0.266. The summed E-state index contributed by atoms with van der Waals surface area (Å²) in [6, 6.07) is 2.29. The summed E-state index contributed by atoms with van der Waals surface area (Å²) in [7, 11) is 0. The minimum Gasteiger partial charge on any atom is -0.198 e. The summed E-state index contributed by atoms with van der Waals surface area (Å²) in [6.07, 6.45) is 1.97. The van der Waals surface area contributed by atoms with Crippen LogP contribution >= 0.6 is 0 Å². The van der Waals surface area contributed by atoms with Gasteiger partial charge in [0.1, 0.15) is 0 Å². The molecule has 0 atom stereocenters. The van der Waals surface area contributed by atoms with Crippen LogP contribution in [0.5, 0.6) is 0 Å². The first-order chi connectivity index (χ1) is 5.24. The van der Waals surface area contributed by atoms with Crippen molar-refractivity contribution in [3.63, 3.8) is 0 Å². The zero-order valence-corrected chi connectivity index (χ0v) is 6.65. The highest BCUT2D eigenvalue weighted by atomic mass is 15.5. The summed E-state index contributed by atoms with van der Waals surface area (Å²) < 4.78 is 0. The molecule has 0 aliphatic heterocycles. The topological polar surface area (TPSA) is 54.5 Å². The van der Waals surface area contributed by atoms with Crippen molar-refractivity contribution in [2.75, 3.05) is 0 Å². The van der Waals surface area contributed by atoms with E-state index < -0.39 is 0 Å². The summed E-state index contributed by atoms with van der Waals surface area (Å²) in [4.78, 5) is 1.60. The van der Waals surface area contributed by atoms with Gasteiger partial charge in [0.2, 0.25) is 0 Å². The molecule has 0 unspecified atom stereocenters. The second-order valence-corrected chi connectivity index (χ2v) is 2.58. The van der Waals surface area contributed by atoms with Crippen LogP contribution in [0.3, 0.4) is 0 Å². The third kappa shape index (κ3) is 1.77. The summed E-state index contributed by atoms with van der Waals surface area (Å²) in [5.41, 5.74) is 0.737. The average Bonchev–Trinajstić information content (AvgIpc) is 2.37. The lowest BCUT2D eigenvalue weighted by Crippen LogP contribution is -2.04. The average molecular weight is 150 g/mol. The van der Waals surface area contributed by atoms with E-state index in [0.29, 0.717) is 6.42 Å². The van der Waals surface area contributed by atoms with Crippen LogP contribution in [0.25, 0.3) is 0 Å². The van der Waals surface area contributed by atoms with Gasteiger partial charge in [-0.05, 0) is 13.8 Å². The minimum absolute atomic E-state index is 0.266. The molecular weight excluding hydrogens is 140 g/mol. The van der Waals surface area contributed by atoms with E-state index in [9.17, 15) is 0 Å². The first-order valence-electron chi connectivity index (χ1n) is 3.51. The lowest BCUT2D eigenvalue weighted by molar-refractivity contribution is 0.464. The molecular formula is C7H10N4. The predicted molar refractivity (Wildman–Crippen MR) is 39.7 cm³/mol. The molecule has 0 aliphatic rings. The van der Waals surface area contributed by atoms with Crippen molar-refractivity contribution in [2.24, 2.45) is 0 Å². The molecule has 1 aromatic rings. The molecule has 4 heteroatoms. The standard InChI is InChI=1S/C7H10N4/c1-6(2)11-9-5-7(10-11)3-4-8/h5-6H,3H2,1-2H3. The molecule has 0 aromatic carbocycles. The molecule has 0 saturated heterocycles. The predicted octanol–water partition coefficient (Wildman–Crippen LogP) is 0.925. The number of nitriles is 1. The molecule has 0 fully saturated rings. The van der Waals surface area contributed by atoms with Gasteiger partial charge in [-0.15, -0.1) is 0 Å². The number of aromatic nitrogens is 3. The maximum atomic E-state index is 8.34. The van der Waals surface area contributed by atoms with Gasteiger partial charge in [0.25, 0.3) is 0 Å². The van der Waals surface area contributed by atoms with E-state index in [-0.39, 0.29) is 6.04 Å². The monoisotopic (exact) mass is 150 g/mol. The number of rotatable bonds is 2. The van der Waals surface area contributed by atoms with Crippen LogP contribution in [0.1, 0.15) is 25.6 Å². The van der Waals surface area contributed by atoms with Crippen molar-refractivity contribution in [2.45, 2.75) is 26.3 Å². The Labute approximate surface area is 65.4 Å². The maximum Gasteiger partial charge on any atom is 0.0967 e. The second-order valence-electron chi connectivity index (χ2n) is 2.58. The number of nitrogens with zero attached hydrogens (tertiary/aromatic N) is 4. The van der Waals surface area contributed by atoms with Gasteiger partial charge in [0.05, 0.1) is 30.4 Å². The quantitative estimate of drug-likeness (QED) is 0.630. The molecule has 0 saturated carbocycles. The van der Waals surface area contributed by atoms with E-state index in [4.69, 9.17) is 5.26 Å². The fourth-order valence-electron chi connectivity index (χ4n) is 0.720. The lowest BCUT2D eigenvalue weighted by Gasteiger charge is -2.00. The molecule has 4 nitrogen and oxygen atoms in total. The third-order valence-electron chi connectivity index (χ3n) is 1.28. The Kier molecular flexibility index (Phi) is 2.21. The zero-order valence-electron chi connectivity index (χ0n) is 6.65. The van der Waals surface area contributed by atoms with E-state index in [1.54, 1.807) is 11.0 Å². The number of hydrogen-bond donors (Lipinski definition) is 0. The van der Waals surface area contributed by atoms with Gasteiger partial charge in [0.15, 0.2) is 0 Å². The van der Waals surface area contributed by atoms with Gasteiger partial charge >= 0.3 is 0 Å². The van der Waals surface area contributed by atoms with Crippen LogP contribution < -0.4 is 0 Å². The second kappa shape index (κ2) is 3.15. The van der Waals surface area contributed by atoms with Crippen molar-refractivity contribution in [1.82, 2.24) is 15.0 Å². The first kappa shape index (κ1) is 7.73. The SMILES string of the molecule is CC(C)n1ncc(CC#N)n1. The fourth-order valence-corrected chi connectivity index (χ4v) is 0.720. The summed E-state index contributed by atoms with van der Waals surface area (Å²) in [5, 5.41) is 16.4. The molecule has 0 spiro atoms. The van der Waals surface area contributed by atoms with Crippen molar-refractivity contribution in [3.8, 4) is 6.07 Å². The molecule has 0 amide bonds. The lowest BCUT2D eigenvalue weighted by atomic mass is 10.4. The van der Waals surface area contributed by atoms with Crippen molar-refractivity contribution in [3.05, 3.63) is 11.9 Å². The molecule has 0 radical (unpaired) electrons. The van der Waals surface area contributed by atoms with Crippen molar-refractivity contribution in [1.29, 1.82) is 5.26 Å². The van der Waals surface area contributed by atoms with Crippen LogP contribution in [0.15, 0.2) is 6.20 Å². The fraction of sp³-hybridized carbons (Fsp3) is 0.571. The van der Waals surface area contributed by atoms with Gasteiger partial charge in [0, 0.05) is 0 Å². The number of hydrogen-bond acceptors (Lipinski definition) is 3. The van der Waals surface area contributed by atoms with Gasteiger partial charge < -0.3 is 0 Å². The van der Waals surface area contributed by atoms with E-state index >= 15 is 0 Å². The normalized spacial score (nSPS) is 10.0. The molecule has 1 rings (SSSR count). The van der Waals surface area contributed by atoms with E-state index in [1.807, 2.05) is 19.9 Å². The Balaban J connectivity index is 2.75. The Morgan fingerprint density at radius 1 is 1.73 bits per heavy atom. The van der Waals surface area contributed by atoms with Gasteiger partial charge in [-0.1, -0.05) is 0 Å². The van der Waals surface area contributed by atoms with E-state index in [0.717, 1.165) is 5.69 Å². The highest BCUT2D eigenvalue weighted by Crippen LogP contribution is 2.00. The van der Waals surface area contributed by atoms with Crippen LogP contribution in [-0.4, -0.2) is 15.0 Å². The highest BCUT2D eigenvalue weighted by molar-refractivity contribution is 4.99. The van der Waals surface area contributed by atoms with E-state index in [1.165, 1.54) is 0 Å². The van der Waals surface area contributed by atoms with Gasteiger partial charge in [-0.3, -0.25) is 0 Å². The van der Waals surface area contributed by atoms with Crippen LogP contribution in [0, 0.1) is 11.3 Å². The van der Waals surface area contributed by atoms with Crippen LogP contribution in [0.4, 0.5) is 0 Å². The Hall–Kier alpha value is -1.37. The Morgan fingerprint density at radius 2 is 2.45 bits per heavy atom. The molecule has 0 aliphatic carbocycles. The summed E-state index contributed by atoms with van der Waals surface area (Å²) in [6.45, 7) is 3.99. The zero-order chi connectivity index (χ0) is 8.27. The molecule has 0 bridgehead atoms. The van der Waals surface area contributed by atoms with Crippen LogP contribution in [0.2, 0.25) is 0 Å². The van der Waals surface area contributed by atoms with E-state index in [2.05, 4.69) is 10.2 Å². The first-order valence-corrected chi connectivity index (χ1v) is 3.51.